The van der Waals surface area contributed by atoms with Gasteiger partial charge in [-0.2, -0.15) is 0 Å². The fourth-order valence-electron chi connectivity index (χ4n) is 1.51. The quantitative estimate of drug-likeness (QED) is 0.677. The lowest BCUT2D eigenvalue weighted by molar-refractivity contribution is 0.691. The van der Waals surface area contributed by atoms with Crippen molar-refractivity contribution in [1.82, 2.24) is 4.98 Å². The van der Waals surface area contributed by atoms with Crippen molar-refractivity contribution in [2.45, 2.75) is 25.8 Å². The highest BCUT2D eigenvalue weighted by molar-refractivity contribution is 5.61. The first-order chi connectivity index (χ1) is 6.66. The third-order valence-electron chi connectivity index (χ3n) is 2.66. The van der Waals surface area contributed by atoms with E-state index in [1.54, 1.807) is 6.07 Å². The van der Waals surface area contributed by atoms with Gasteiger partial charge in [0, 0.05) is 6.04 Å². The van der Waals surface area contributed by atoms with E-state index >= 15 is 0 Å². The Morgan fingerprint density at radius 3 is 2.71 bits per heavy atom. The van der Waals surface area contributed by atoms with Crippen molar-refractivity contribution in [1.29, 1.82) is 0 Å². The van der Waals surface area contributed by atoms with Crippen LogP contribution in [0.2, 0.25) is 0 Å². The number of nitrogens with two attached hydrogens (primary N) is 2. The van der Waals surface area contributed by atoms with Gasteiger partial charge >= 0.3 is 0 Å². The van der Waals surface area contributed by atoms with Crippen molar-refractivity contribution in [2.75, 3.05) is 16.8 Å². The molecule has 0 bridgehead atoms. The topological polar surface area (TPSA) is 77.0 Å². The summed E-state index contributed by atoms with van der Waals surface area (Å²) >= 11 is 0. The number of nitrogens with one attached hydrogen (secondary N) is 1. The molecule has 5 N–H and O–H groups in total. The molecule has 1 unspecified atom stereocenters. The Morgan fingerprint density at radius 1 is 1.43 bits per heavy atom. The summed E-state index contributed by atoms with van der Waals surface area (Å²) in [5.41, 5.74) is 11.7. The molecule has 2 rings (SSSR count). The van der Waals surface area contributed by atoms with Crippen LogP contribution in [0.4, 0.5) is 17.3 Å². The lowest BCUT2D eigenvalue weighted by Crippen LogP contribution is -2.18. The van der Waals surface area contributed by atoms with Gasteiger partial charge in [-0.15, -0.1) is 0 Å². The van der Waals surface area contributed by atoms with Crippen molar-refractivity contribution < 1.29 is 0 Å². The molecule has 1 aromatic heterocycles. The van der Waals surface area contributed by atoms with Gasteiger partial charge in [0.25, 0.3) is 0 Å². The molecule has 0 spiro atoms. The van der Waals surface area contributed by atoms with Crippen LogP contribution in [0.5, 0.6) is 0 Å². The minimum Gasteiger partial charge on any atom is -0.396 e. The number of nitrogen functional groups attached to an aromatic ring is 2. The average Bonchev–Trinajstić information content (AvgIpc) is 2.94. The second-order valence-corrected chi connectivity index (χ2v) is 3.94. The molecule has 1 heterocycles. The normalized spacial score (nSPS) is 17.8. The predicted molar refractivity (Wildman–Crippen MR) is 58.9 cm³/mol. The standard InChI is InChI=1S/C10H16N4/c1-6(7-2-3-7)13-9-5-4-8(11)10(12)14-9/h4-7H,2-3,11H2,1H3,(H3,12,13,14). The lowest BCUT2D eigenvalue weighted by Gasteiger charge is -2.13. The maximum absolute atomic E-state index is 5.61. The second-order valence-electron chi connectivity index (χ2n) is 3.94. The Kier molecular flexibility index (Phi) is 2.19. The Bertz CT molecular complexity index is 333. The zero-order chi connectivity index (χ0) is 10.1. The van der Waals surface area contributed by atoms with E-state index in [-0.39, 0.29) is 0 Å². The van der Waals surface area contributed by atoms with E-state index < -0.39 is 0 Å². The van der Waals surface area contributed by atoms with Crippen LogP contribution < -0.4 is 16.8 Å². The van der Waals surface area contributed by atoms with Gasteiger partial charge < -0.3 is 16.8 Å². The third-order valence-corrected chi connectivity index (χ3v) is 2.66. The van der Waals surface area contributed by atoms with E-state index in [9.17, 15) is 0 Å². The van der Waals surface area contributed by atoms with Crippen LogP contribution in [0.15, 0.2) is 12.1 Å². The van der Waals surface area contributed by atoms with E-state index in [0.717, 1.165) is 11.7 Å². The molecule has 1 saturated carbocycles. The molecule has 0 amide bonds. The van der Waals surface area contributed by atoms with Gasteiger partial charge in [-0.25, -0.2) is 4.98 Å². The molecule has 1 atom stereocenters. The summed E-state index contributed by atoms with van der Waals surface area (Å²) in [4.78, 5) is 4.16. The fourth-order valence-corrected chi connectivity index (χ4v) is 1.51. The van der Waals surface area contributed by atoms with Crippen LogP contribution in [-0.2, 0) is 0 Å². The zero-order valence-corrected chi connectivity index (χ0v) is 8.33. The monoisotopic (exact) mass is 192 g/mol. The molecule has 0 saturated heterocycles. The number of rotatable bonds is 3. The maximum atomic E-state index is 5.61. The molecule has 76 valence electrons. The van der Waals surface area contributed by atoms with Gasteiger partial charge in [0.2, 0.25) is 0 Å². The van der Waals surface area contributed by atoms with Crippen LogP contribution in [0.3, 0.4) is 0 Å². The Morgan fingerprint density at radius 2 is 2.14 bits per heavy atom. The molecule has 4 heteroatoms. The number of pyridine rings is 1. The molecule has 4 nitrogen and oxygen atoms in total. The van der Waals surface area contributed by atoms with E-state index in [2.05, 4.69) is 17.2 Å². The van der Waals surface area contributed by atoms with E-state index in [0.29, 0.717) is 17.5 Å². The minimum absolute atomic E-state index is 0.401. The molecule has 1 aromatic rings. The first-order valence-electron chi connectivity index (χ1n) is 4.95. The first-order valence-corrected chi connectivity index (χ1v) is 4.95. The highest BCUT2D eigenvalue weighted by Crippen LogP contribution is 2.33. The first kappa shape index (κ1) is 9.12. The molecular formula is C10H16N4. The Balaban J connectivity index is 2.04. The van der Waals surface area contributed by atoms with Gasteiger partial charge in [0.05, 0.1) is 5.69 Å². The molecule has 0 aromatic carbocycles. The summed E-state index contributed by atoms with van der Waals surface area (Å²) in [7, 11) is 0. The largest absolute Gasteiger partial charge is 0.396 e. The maximum Gasteiger partial charge on any atom is 0.149 e. The van der Waals surface area contributed by atoms with Crippen LogP contribution in [-0.4, -0.2) is 11.0 Å². The highest BCUT2D eigenvalue weighted by Gasteiger charge is 2.27. The Labute approximate surface area is 83.7 Å². The summed E-state index contributed by atoms with van der Waals surface area (Å²) in [6.07, 6.45) is 2.64. The minimum atomic E-state index is 0.401. The van der Waals surface area contributed by atoms with Crippen molar-refractivity contribution in [2.24, 2.45) is 5.92 Å². The van der Waals surface area contributed by atoms with Crippen molar-refractivity contribution in [3.63, 3.8) is 0 Å². The van der Waals surface area contributed by atoms with Crippen molar-refractivity contribution >= 4 is 17.3 Å². The number of hydrogen-bond donors (Lipinski definition) is 3. The summed E-state index contributed by atoms with van der Waals surface area (Å²) in [5.74, 6) is 2.02. The van der Waals surface area contributed by atoms with Crippen molar-refractivity contribution in [3.05, 3.63) is 12.1 Å². The molecule has 1 fully saturated rings. The van der Waals surface area contributed by atoms with E-state index in [1.807, 2.05) is 6.07 Å². The molecular weight excluding hydrogens is 176 g/mol. The Hall–Kier alpha value is -1.45. The van der Waals surface area contributed by atoms with Crippen molar-refractivity contribution in [3.8, 4) is 0 Å². The van der Waals surface area contributed by atoms with E-state index in [1.165, 1.54) is 12.8 Å². The van der Waals surface area contributed by atoms with Crippen LogP contribution in [0.25, 0.3) is 0 Å². The van der Waals surface area contributed by atoms with Gasteiger partial charge in [0.1, 0.15) is 11.6 Å². The number of aromatic nitrogens is 1. The zero-order valence-electron chi connectivity index (χ0n) is 8.33. The van der Waals surface area contributed by atoms with E-state index in [4.69, 9.17) is 11.5 Å². The molecule has 1 aliphatic carbocycles. The lowest BCUT2D eigenvalue weighted by atomic mass is 10.2. The molecule has 0 radical (unpaired) electrons. The fraction of sp³-hybridized carbons (Fsp3) is 0.500. The van der Waals surface area contributed by atoms with Gasteiger partial charge in [-0.3, -0.25) is 0 Å². The molecule has 1 aliphatic rings. The smallest absolute Gasteiger partial charge is 0.149 e. The SMILES string of the molecule is CC(Nc1ccc(N)c(N)n1)C1CC1. The van der Waals surface area contributed by atoms with Crippen LogP contribution in [0, 0.1) is 5.92 Å². The average molecular weight is 192 g/mol. The second kappa shape index (κ2) is 3.36. The third kappa shape index (κ3) is 1.89. The van der Waals surface area contributed by atoms with Gasteiger partial charge in [-0.05, 0) is 37.8 Å². The number of nitrogens with zero attached hydrogens (tertiary/aromatic N) is 1. The summed E-state index contributed by atoms with van der Waals surface area (Å²) in [6, 6.07) is 4.13. The molecule has 14 heavy (non-hydrogen) atoms. The summed E-state index contributed by atoms with van der Waals surface area (Å²) in [6.45, 7) is 2.17. The highest BCUT2D eigenvalue weighted by atomic mass is 15.0. The summed E-state index contributed by atoms with van der Waals surface area (Å²) in [5, 5.41) is 3.33. The number of hydrogen-bond acceptors (Lipinski definition) is 4. The van der Waals surface area contributed by atoms with Gasteiger partial charge in [0.15, 0.2) is 0 Å². The number of anilines is 3. The van der Waals surface area contributed by atoms with Crippen LogP contribution in [0.1, 0.15) is 19.8 Å². The van der Waals surface area contributed by atoms with Crippen LogP contribution >= 0.6 is 0 Å². The summed E-state index contributed by atoms with van der Waals surface area (Å²) < 4.78 is 0. The molecule has 0 aliphatic heterocycles. The van der Waals surface area contributed by atoms with Gasteiger partial charge in [-0.1, -0.05) is 0 Å². The predicted octanol–water partition coefficient (Wildman–Crippen LogP) is 1.46.